The summed E-state index contributed by atoms with van der Waals surface area (Å²) < 4.78 is 5.32. The molecule has 0 aliphatic rings. The SMILES string of the molecule is Cc1ccc(NC(=O)C[NH2+][C@H](C)c2ccco2)c(C)c1. The highest BCUT2D eigenvalue weighted by atomic mass is 16.3. The van der Waals surface area contributed by atoms with Crippen LogP contribution in [0.4, 0.5) is 5.69 Å². The Morgan fingerprint density at radius 2 is 2.15 bits per heavy atom. The predicted molar refractivity (Wildman–Crippen MR) is 78.5 cm³/mol. The maximum absolute atomic E-state index is 12.0. The molecule has 0 spiro atoms. The van der Waals surface area contributed by atoms with Gasteiger partial charge in [-0.15, -0.1) is 0 Å². The van der Waals surface area contributed by atoms with Crippen LogP contribution in [-0.2, 0) is 4.79 Å². The van der Waals surface area contributed by atoms with Crippen molar-refractivity contribution < 1.29 is 14.5 Å². The second-order valence-electron chi connectivity index (χ2n) is 5.11. The largest absolute Gasteiger partial charge is 0.463 e. The Labute approximate surface area is 119 Å². The van der Waals surface area contributed by atoms with Gasteiger partial charge in [0, 0.05) is 5.69 Å². The summed E-state index contributed by atoms with van der Waals surface area (Å²) in [5.41, 5.74) is 3.15. The van der Waals surface area contributed by atoms with Crippen molar-refractivity contribution in [1.82, 2.24) is 0 Å². The first kappa shape index (κ1) is 14.3. The minimum Gasteiger partial charge on any atom is -0.463 e. The van der Waals surface area contributed by atoms with Crippen LogP contribution in [0.1, 0.15) is 29.9 Å². The summed E-state index contributed by atoms with van der Waals surface area (Å²) in [5, 5.41) is 4.89. The molecule has 106 valence electrons. The monoisotopic (exact) mass is 273 g/mol. The van der Waals surface area contributed by atoms with Gasteiger partial charge in [0.15, 0.2) is 12.3 Å². The fraction of sp³-hybridized carbons (Fsp3) is 0.312. The topological polar surface area (TPSA) is 58.9 Å². The molecule has 0 fully saturated rings. The number of nitrogens with one attached hydrogen (secondary N) is 1. The zero-order valence-corrected chi connectivity index (χ0v) is 12.1. The zero-order chi connectivity index (χ0) is 14.5. The van der Waals surface area contributed by atoms with E-state index in [0.717, 1.165) is 17.0 Å². The first-order valence-electron chi connectivity index (χ1n) is 6.80. The van der Waals surface area contributed by atoms with Crippen LogP contribution in [0.2, 0.25) is 0 Å². The molecular formula is C16H21N2O2+. The number of nitrogens with two attached hydrogens (primary N) is 1. The van der Waals surface area contributed by atoms with Crippen molar-refractivity contribution in [2.45, 2.75) is 26.8 Å². The Morgan fingerprint density at radius 1 is 1.35 bits per heavy atom. The molecule has 0 radical (unpaired) electrons. The summed E-state index contributed by atoms with van der Waals surface area (Å²) in [4.78, 5) is 12.0. The van der Waals surface area contributed by atoms with E-state index >= 15 is 0 Å². The maximum Gasteiger partial charge on any atom is 0.279 e. The van der Waals surface area contributed by atoms with Gasteiger partial charge in [0.1, 0.15) is 6.04 Å². The number of aryl methyl sites for hydroxylation is 2. The van der Waals surface area contributed by atoms with Crippen LogP contribution in [0.5, 0.6) is 0 Å². The van der Waals surface area contributed by atoms with Gasteiger partial charge in [0.05, 0.1) is 6.26 Å². The fourth-order valence-corrected chi connectivity index (χ4v) is 2.11. The van der Waals surface area contributed by atoms with E-state index in [9.17, 15) is 4.79 Å². The molecule has 0 bridgehead atoms. The van der Waals surface area contributed by atoms with Crippen molar-refractivity contribution >= 4 is 11.6 Å². The van der Waals surface area contributed by atoms with E-state index in [2.05, 4.69) is 11.4 Å². The second kappa shape index (κ2) is 6.39. The van der Waals surface area contributed by atoms with Crippen LogP contribution in [0.15, 0.2) is 41.0 Å². The molecule has 0 saturated carbocycles. The lowest BCUT2D eigenvalue weighted by molar-refractivity contribution is -0.684. The number of anilines is 1. The van der Waals surface area contributed by atoms with Crippen molar-refractivity contribution in [3.05, 3.63) is 53.5 Å². The summed E-state index contributed by atoms with van der Waals surface area (Å²) in [7, 11) is 0. The molecule has 3 N–H and O–H groups in total. The zero-order valence-electron chi connectivity index (χ0n) is 12.1. The number of hydrogen-bond donors (Lipinski definition) is 2. The van der Waals surface area contributed by atoms with Crippen molar-refractivity contribution in [2.24, 2.45) is 0 Å². The summed E-state index contributed by atoms with van der Waals surface area (Å²) in [5.74, 6) is 0.875. The van der Waals surface area contributed by atoms with Crippen molar-refractivity contribution in [2.75, 3.05) is 11.9 Å². The molecule has 1 aromatic carbocycles. The van der Waals surface area contributed by atoms with Gasteiger partial charge in [-0.2, -0.15) is 0 Å². The number of furan rings is 1. The normalized spacial score (nSPS) is 12.2. The van der Waals surface area contributed by atoms with E-state index < -0.39 is 0 Å². The molecule has 1 aromatic heterocycles. The standard InChI is InChI=1S/C16H20N2O2/c1-11-6-7-14(12(2)9-11)18-16(19)10-17-13(3)15-5-4-8-20-15/h4-9,13,17H,10H2,1-3H3,(H,18,19)/p+1/t13-/m1/s1. The van der Waals surface area contributed by atoms with Crippen LogP contribution in [-0.4, -0.2) is 12.5 Å². The lowest BCUT2D eigenvalue weighted by Gasteiger charge is -2.10. The third-order valence-electron chi connectivity index (χ3n) is 3.30. The third kappa shape index (κ3) is 3.71. The lowest BCUT2D eigenvalue weighted by atomic mass is 10.1. The van der Waals surface area contributed by atoms with Crippen molar-refractivity contribution in [3.8, 4) is 0 Å². The highest BCUT2D eigenvalue weighted by Crippen LogP contribution is 2.15. The lowest BCUT2D eigenvalue weighted by Crippen LogP contribution is -2.86. The molecule has 4 heteroatoms. The van der Waals surface area contributed by atoms with E-state index in [-0.39, 0.29) is 11.9 Å². The Kier molecular flexibility index (Phi) is 4.58. The van der Waals surface area contributed by atoms with Gasteiger partial charge in [-0.1, -0.05) is 17.7 Å². The van der Waals surface area contributed by atoms with Crippen LogP contribution in [0.25, 0.3) is 0 Å². The van der Waals surface area contributed by atoms with Crippen LogP contribution in [0, 0.1) is 13.8 Å². The highest BCUT2D eigenvalue weighted by Gasteiger charge is 2.14. The van der Waals surface area contributed by atoms with E-state index in [1.165, 1.54) is 5.56 Å². The first-order valence-corrected chi connectivity index (χ1v) is 6.80. The fourth-order valence-electron chi connectivity index (χ4n) is 2.11. The molecule has 0 unspecified atom stereocenters. The summed E-state index contributed by atoms with van der Waals surface area (Å²) in [6, 6.07) is 9.91. The summed E-state index contributed by atoms with van der Waals surface area (Å²) in [6.07, 6.45) is 1.65. The smallest absolute Gasteiger partial charge is 0.279 e. The van der Waals surface area contributed by atoms with Gasteiger partial charge >= 0.3 is 0 Å². The quantitative estimate of drug-likeness (QED) is 0.877. The van der Waals surface area contributed by atoms with E-state index in [1.807, 2.05) is 50.4 Å². The average molecular weight is 273 g/mol. The highest BCUT2D eigenvalue weighted by molar-refractivity contribution is 5.92. The predicted octanol–water partition coefficient (Wildman–Crippen LogP) is 2.16. The first-order chi connectivity index (χ1) is 9.56. The minimum atomic E-state index is -0.00430. The van der Waals surface area contributed by atoms with Gasteiger partial charge in [0.2, 0.25) is 0 Å². The molecule has 0 saturated heterocycles. The Morgan fingerprint density at radius 3 is 2.80 bits per heavy atom. The van der Waals surface area contributed by atoms with Crippen molar-refractivity contribution in [1.29, 1.82) is 0 Å². The average Bonchev–Trinajstić information content (AvgIpc) is 2.93. The number of rotatable bonds is 5. The van der Waals surface area contributed by atoms with E-state index in [1.54, 1.807) is 6.26 Å². The number of benzene rings is 1. The van der Waals surface area contributed by atoms with Gasteiger partial charge in [-0.05, 0) is 44.5 Å². The molecule has 2 rings (SSSR count). The van der Waals surface area contributed by atoms with Crippen LogP contribution in [0.3, 0.4) is 0 Å². The van der Waals surface area contributed by atoms with Crippen LogP contribution < -0.4 is 10.6 Å². The molecule has 20 heavy (non-hydrogen) atoms. The van der Waals surface area contributed by atoms with Gasteiger partial charge in [0.25, 0.3) is 5.91 Å². The Hall–Kier alpha value is -2.07. The number of amides is 1. The number of carbonyl (C=O) groups is 1. The molecule has 1 atom stereocenters. The van der Waals surface area contributed by atoms with Gasteiger partial charge in [-0.25, -0.2) is 0 Å². The second-order valence-corrected chi connectivity index (χ2v) is 5.11. The number of quaternary nitrogens is 1. The van der Waals surface area contributed by atoms with E-state index in [4.69, 9.17) is 4.42 Å². The molecule has 2 aromatic rings. The Bertz CT molecular complexity index is 576. The molecule has 0 aliphatic heterocycles. The molecule has 4 nitrogen and oxygen atoms in total. The maximum atomic E-state index is 12.0. The van der Waals surface area contributed by atoms with Crippen molar-refractivity contribution in [3.63, 3.8) is 0 Å². The number of carbonyl (C=O) groups excluding carboxylic acids is 1. The molecular weight excluding hydrogens is 252 g/mol. The summed E-state index contributed by atoms with van der Waals surface area (Å²) >= 11 is 0. The van der Waals surface area contributed by atoms with E-state index in [0.29, 0.717) is 6.54 Å². The Balaban J connectivity index is 1.86. The molecule has 1 heterocycles. The van der Waals surface area contributed by atoms with Gasteiger partial charge < -0.3 is 15.1 Å². The third-order valence-corrected chi connectivity index (χ3v) is 3.30. The molecule has 0 aliphatic carbocycles. The minimum absolute atomic E-state index is 0.00430. The van der Waals surface area contributed by atoms with Crippen LogP contribution >= 0.6 is 0 Å². The molecule has 1 amide bonds. The summed E-state index contributed by atoms with van der Waals surface area (Å²) in [6.45, 7) is 6.42. The number of hydrogen-bond acceptors (Lipinski definition) is 2. The van der Waals surface area contributed by atoms with Gasteiger partial charge in [-0.3, -0.25) is 4.79 Å².